The van der Waals surface area contributed by atoms with Crippen molar-refractivity contribution in [1.29, 1.82) is 0 Å². The van der Waals surface area contributed by atoms with Crippen LogP contribution in [0.4, 0.5) is 5.82 Å². The Labute approximate surface area is 146 Å². The SMILES string of the molecule is Cc1nc(N2CCC([C@@H](O)c3nccn3C)CC2)c2cccnc2n1. The number of rotatable bonds is 3. The van der Waals surface area contributed by atoms with Crippen LogP contribution >= 0.6 is 0 Å². The monoisotopic (exact) mass is 338 g/mol. The van der Waals surface area contributed by atoms with Gasteiger partial charge in [-0.25, -0.2) is 19.9 Å². The van der Waals surface area contributed by atoms with Crippen molar-refractivity contribution in [3.63, 3.8) is 0 Å². The van der Waals surface area contributed by atoms with E-state index in [2.05, 4.69) is 24.8 Å². The first-order chi connectivity index (χ1) is 12.1. The Balaban J connectivity index is 1.54. The fourth-order valence-corrected chi connectivity index (χ4v) is 3.59. The molecule has 25 heavy (non-hydrogen) atoms. The summed E-state index contributed by atoms with van der Waals surface area (Å²) in [5.74, 6) is 2.63. The molecule has 4 rings (SSSR count). The Kier molecular flexibility index (Phi) is 4.09. The summed E-state index contributed by atoms with van der Waals surface area (Å²) in [6.45, 7) is 3.61. The first-order valence-electron chi connectivity index (χ1n) is 8.63. The van der Waals surface area contributed by atoms with Crippen molar-refractivity contribution in [2.24, 2.45) is 13.0 Å². The molecule has 1 N–H and O–H groups in total. The van der Waals surface area contributed by atoms with E-state index in [0.29, 0.717) is 0 Å². The van der Waals surface area contributed by atoms with Crippen molar-refractivity contribution >= 4 is 16.9 Å². The Bertz CT molecular complexity index is 884. The van der Waals surface area contributed by atoms with Crippen LogP contribution in [0.1, 0.15) is 30.6 Å². The van der Waals surface area contributed by atoms with Gasteiger partial charge < -0.3 is 14.6 Å². The van der Waals surface area contributed by atoms with Gasteiger partial charge in [0.25, 0.3) is 0 Å². The van der Waals surface area contributed by atoms with Gasteiger partial charge in [-0.3, -0.25) is 0 Å². The number of imidazole rings is 1. The van der Waals surface area contributed by atoms with Crippen LogP contribution in [0.3, 0.4) is 0 Å². The number of aryl methyl sites for hydroxylation is 2. The van der Waals surface area contributed by atoms with E-state index in [1.54, 1.807) is 12.4 Å². The van der Waals surface area contributed by atoms with Crippen LogP contribution in [-0.4, -0.2) is 42.7 Å². The zero-order valence-electron chi connectivity index (χ0n) is 14.5. The van der Waals surface area contributed by atoms with Crippen molar-refractivity contribution in [2.75, 3.05) is 18.0 Å². The third-order valence-corrected chi connectivity index (χ3v) is 4.97. The van der Waals surface area contributed by atoms with Gasteiger partial charge in [0.2, 0.25) is 0 Å². The summed E-state index contributed by atoms with van der Waals surface area (Å²) in [5, 5.41) is 11.6. The third-order valence-electron chi connectivity index (χ3n) is 4.97. The lowest BCUT2D eigenvalue weighted by molar-refractivity contribution is 0.0824. The molecule has 130 valence electrons. The molecule has 1 aliphatic heterocycles. The fraction of sp³-hybridized carbons (Fsp3) is 0.444. The second-order valence-electron chi connectivity index (χ2n) is 6.63. The molecule has 0 bridgehead atoms. The van der Waals surface area contributed by atoms with Crippen molar-refractivity contribution in [3.8, 4) is 0 Å². The Morgan fingerprint density at radius 3 is 2.68 bits per heavy atom. The maximum absolute atomic E-state index is 10.7. The summed E-state index contributed by atoms with van der Waals surface area (Å²) < 4.78 is 1.89. The zero-order chi connectivity index (χ0) is 17.4. The van der Waals surface area contributed by atoms with Gasteiger partial charge in [0.05, 0.1) is 5.39 Å². The molecule has 1 saturated heterocycles. The average molecular weight is 338 g/mol. The normalized spacial score (nSPS) is 17.2. The second kappa shape index (κ2) is 6.40. The van der Waals surface area contributed by atoms with Crippen molar-refractivity contribution in [1.82, 2.24) is 24.5 Å². The number of fused-ring (bicyclic) bond motifs is 1. The number of piperidine rings is 1. The number of nitrogens with zero attached hydrogens (tertiary/aromatic N) is 6. The summed E-state index contributed by atoms with van der Waals surface area (Å²) in [5.41, 5.74) is 0.736. The molecule has 1 fully saturated rings. The lowest BCUT2D eigenvalue weighted by Crippen LogP contribution is -2.36. The Hall–Kier alpha value is -2.54. The molecule has 0 radical (unpaired) electrons. The number of pyridine rings is 1. The highest BCUT2D eigenvalue weighted by Crippen LogP contribution is 2.32. The van der Waals surface area contributed by atoms with Gasteiger partial charge in [0.1, 0.15) is 23.6 Å². The first kappa shape index (κ1) is 16.0. The standard InChI is InChI=1S/C18H22N6O/c1-12-21-16-14(4-3-7-19-16)17(22-12)24-9-5-13(6-10-24)15(25)18-20-8-11-23(18)2/h3-4,7-8,11,13,15,25H,5-6,9-10H2,1-2H3/t15-/m1/s1. The summed E-state index contributed by atoms with van der Waals surface area (Å²) >= 11 is 0. The minimum Gasteiger partial charge on any atom is -0.385 e. The van der Waals surface area contributed by atoms with Gasteiger partial charge in [0.15, 0.2) is 5.65 Å². The van der Waals surface area contributed by atoms with E-state index >= 15 is 0 Å². The molecular formula is C18H22N6O. The minimum absolute atomic E-state index is 0.213. The lowest BCUT2D eigenvalue weighted by Gasteiger charge is -2.35. The number of aromatic nitrogens is 5. The van der Waals surface area contributed by atoms with Crippen molar-refractivity contribution in [3.05, 3.63) is 42.4 Å². The number of aliphatic hydroxyl groups excluding tert-OH is 1. The third kappa shape index (κ3) is 2.95. The summed E-state index contributed by atoms with van der Waals surface area (Å²) in [6.07, 6.45) is 6.64. The molecular weight excluding hydrogens is 316 g/mol. The van der Waals surface area contributed by atoms with E-state index in [1.807, 2.05) is 36.9 Å². The summed E-state index contributed by atoms with van der Waals surface area (Å²) in [6, 6.07) is 3.94. The van der Waals surface area contributed by atoms with Crippen LogP contribution < -0.4 is 4.90 Å². The number of hydrogen-bond donors (Lipinski definition) is 1. The second-order valence-corrected chi connectivity index (χ2v) is 6.63. The van der Waals surface area contributed by atoms with Crippen molar-refractivity contribution < 1.29 is 5.11 Å². The molecule has 1 atom stereocenters. The highest BCUT2D eigenvalue weighted by molar-refractivity contribution is 5.86. The maximum atomic E-state index is 10.7. The molecule has 7 heteroatoms. The summed E-state index contributed by atoms with van der Waals surface area (Å²) in [4.78, 5) is 20.0. The quantitative estimate of drug-likeness (QED) is 0.787. The van der Waals surface area contributed by atoms with E-state index in [-0.39, 0.29) is 5.92 Å². The number of aliphatic hydroxyl groups is 1. The van der Waals surface area contributed by atoms with Crippen LogP contribution in [-0.2, 0) is 7.05 Å². The lowest BCUT2D eigenvalue weighted by atomic mass is 9.90. The molecule has 3 aromatic rings. The largest absolute Gasteiger partial charge is 0.385 e. The van der Waals surface area contributed by atoms with Gasteiger partial charge in [-0.05, 0) is 37.8 Å². The number of hydrogen-bond acceptors (Lipinski definition) is 6. The van der Waals surface area contributed by atoms with Crippen LogP contribution in [0.25, 0.3) is 11.0 Å². The van der Waals surface area contributed by atoms with Gasteiger partial charge >= 0.3 is 0 Å². The molecule has 3 aromatic heterocycles. The number of anilines is 1. The van der Waals surface area contributed by atoms with E-state index in [1.165, 1.54) is 0 Å². The molecule has 0 aliphatic carbocycles. The van der Waals surface area contributed by atoms with E-state index < -0.39 is 6.10 Å². The maximum Gasteiger partial charge on any atom is 0.164 e. The predicted molar refractivity (Wildman–Crippen MR) is 95.2 cm³/mol. The minimum atomic E-state index is -0.521. The molecule has 0 unspecified atom stereocenters. The molecule has 0 spiro atoms. The molecule has 0 aromatic carbocycles. The Morgan fingerprint density at radius 1 is 1.16 bits per heavy atom. The van der Waals surface area contributed by atoms with Gasteiger partial charge in [-0.15, -0.1) is 0 Å². The molecule has 0 amide bonds. The molecule has 4 heterocycles. The van der Waals surface area contributed by atoms with Crippen LogP contribution in [0.5, 0.6) is 0 Å². The zero-order valence-corrected chi connectivity index (χ0v) is 14.5. The van der Waals surface area contributed by atoms with Gasteiger partial charge in [0, 0.05) is 38.7 Å². The predicted octanol–water partition coefficient (Wildman–Crippen LogP) is 2.02. The molecule has 1 aliphatic rings. The van der Waals surface area contributed by atoms with Gasteiger partial charge in [-0.1, -0.05) is 0 Å². The average Bonchev–Trinajstić information content (AvgIpc) is 3.06. The first-order valence-corrected chi connectivity index (χ1v) is 8.63. The van der Waals surface area contributed by atoms with E-state index in [4.69, 9.17) is 0 Å². The van der Waals surface area contributed by atoms with E-state index in [0.717, 1.165) is 54.4 Å². The highest BCUT2D eigenvalue weighted by atomic mass is 16.3. The highest BCUT2D eigenvalue weighted by Gasteiger charge is 2.29. The Morgan fingerprint density at radius 2 is 1.96 bits per heavy atom. The molecule has 0 saturated carbocycles. The summed E-state index contributed by atoms with van der Waals surface area (Å²) in [7, 11) is 1.92. The van der Waals surface area contributed by atoms with Crippen molar-refractivity contribution in [2.45, 2.75) is 25.9 Å². The van der Waals surface area contributed by atoms with Crippen LogP contribution in [0.2, 0.25) is 0 Å². The van der Waals surface area contributed by atoms with Crippen LogP contribution in [0, 0.1) is 12.8 Å². The van der Waals surface area contributed by atoms with Gasteiger partial charge in [-0.2, -0.15) is 0 Å². The van der Waals surface area contributed by atoms with E-state index in [9.17, 15) is 5.11 Å². The van der Waals surface area contributed by atoms with Crippen LogP contribution in [0.15, 0.2) is 30.7 Å². The smallest absolute Gasteiger partial charge is 0.164 e. The fourth-order valence-electron chi connectivity index (χ4n) is 3.59. The topological polar surface area (TPSA) is 80.0 Å². The molecule has 7 nitrogen and oxygen atoms in total.